The molecular formula is C25H20N6O4S. The third-order valence-corrected chi connectivity index (χ3v) is 6.43. The van der Waals surface area contributed by atoms with Gasteiger partial charge in [-0.1, -0.05) is 30.3 Å². The van der Waals surface area contributed by atoms with Gasteiger partial charge < -0.3 is 4.42 Å². The first-order chi connectivity index (χ1) is 17.4. The number of non-ortho nitro benzene ring substituents is 1. The Morgan fingerprint density at radius 3 is 2.61 bits per heavy atom. The van der Waals surface area contributed by atoms with Gasteiger partial charge in [-0.05, 0) is 31.2 Å². The van der Waals surface area contributed by atoms with Gasteiger partial charge in [0.15, 0.2) is 5.69 Å². The van der Waals surface area contributed by atoms with Crippen LogP contribution in [0, 0.1) is 17.0 Å². The van der Waals surface area contributed by atoms with Gasteiger partial charge >= 0.3 is 0 Å². The molecule has 0 fully saturated rings. The predicted octanol–water partition coefficient (Wildman–Crippen LogP) is 4.63. The first-order valence-corrected chi connectivity index (χ1v) is 11.7. The Bertz CT molecular complexity index is 1710. The van der Waals surface area contributed by atoms with Crippen LogP contribution < -0.4 is 10.4 Å². The van der Waals surface area contributed by atoms with Gasteiger partial charge in [0.05, 0.1) is 34.5 Å². The highest BCUT2D eigenvalue weighted by Crippen LogP contribution is 2.25. The second-order valence-electron chi connectivity index (χ2n) is 7.80. The van der Waals surface area contributed by atoms with Gasteiger partial charge in [0.2, 0.25) is 4.80 Å². The van der Waals surface area contributed by atoms with Crippen LogP contribution >= 0.6 is 11.3 Å². The maximum absolute atomic E-state index is 13.4. The van der Waals surface area contributed by atoms with Gasteiger partial charge in [-0.3, -0.25) is 19.6 Å². The number of nitrogens with zero attached hydrogens (tertiary/aromatic N) is 6. The number of thiazole rings is 1. The number of nitro groups is 1. The first kappa shape index (κ1) is 23.0. The molecule has 0 aliphatic heterocycles. The summed E-state index contributed by atoms with van der Waals surface area (Å²) in [7, 11) is 1.80. The number of aromatic nitrogens is 3. The molecule has 11 heteroatoms. The van der Waals surface area contributed by atoms with Crippen molar-refractivity contribution in [1.29, 1.82) is 0 Å². The summed E-state index contributed by atoms with van der Waals surface area (Å²) in [6, 6.07) is 19.1. The van der Waals surface area contributed by atoms with Crippen molar-refractivity contribution >= 4 is 28.9 Å². The van der Waals surface area contributed by atoms with Gasteiger partial charge in [-0.2, -0.15) is 5.10 Å². The van der Waals surface area contributed by atoms with Gasteiger partial charge in [-0.15, -0.1) is 11.3 Å². The number of hydrogen-bond acceptors (Lipinski definition) is 7. The van der Waals surface area contributed by atoms with Crippen molar-refractivity contribution in [2.45, 2.75) is 6.92 Å². The standard InChI is InChI=1S/C25H20N6O4S/c1-17-23(24(32)30(28(17)2)19-9-4-3-5-10-19)27-25-29(26-15-21-12-7-13-35-21)22(16-36-25)18-8-6-11-20(14-18)31(33)34/h3-16H,1-2H3. The van der Waals surface area contributed by atoms with Gasteiger partial charge in [0.1, 0.15) is 5.76 Å². The summed E-state index contributed by atoms with van der Waals surface area (Å²) in [6.45, 7) is 1.82. The summed E-state index contributed by atoms with van der Waals surface area (Å²) < 4.78 is 10.2. The maximum Gasteiger partial charge on any atom is 0.297 e. The number of para-hydroxylation sites is 1. The largest absolute Gasteiger partial charge is 0.463 e. The molecule has 0 amide bonds. The van der Waals surface area contributed by atoms with Crippen molar-refractivity contribution in [2.24, 2.45) is 17.1 Å². The molecule has 0 spiro atoms. The Kier molecular flexibility index (Phi) is 6.05. The monoisotopic (exact) mass is 500 g/mol. The molecule has 0 bridgehead atoms. The molecular weight excluding hydrogens is 480 g/mol. The first-order valence-electron chi connectivity index (χ1n) is 10.9. The Morgan fingerprint density at radius 1 is 1.08 bits per heavy atom. The van der Waals surface area contributed by atoms with Crippen LogP contribution in [-0.4, -0.2) is 25.2 Å². The SMILES string of the molecule is Cc1c(N=c2scc(-c3cccc([N+](=O)[O-])c3)n2N=Cc2ccco2)c(=O)n(-c2ccccc2)n1C. The molecule has 2 aromatic carbocycles. The van der Waals surface area contributed by atoms with E-state index in [1.807, 2.05) is 37.3 Å². The average Bonchev–Trinajstić information content (AvgIpc) is 3.60. The molecule has 0 aliphatic rings. The van der Waals surface area contributed by atoms with Crippen molar-refractivity contribution < 1.29 is 9.34 Å². The van der Waals surface area contributed by atoms with E-state index < -0.39 is 4.92 Å². The van der Waals surface area contributed by atoms with E-state index in [-0.39, 0.29) is 16.9 Å². The lowest BCUT2D eigenvalue weighted by Crippen LogP contribution is -2.19. The fourth-order valence-corrected chi connectivity index (χ4v) is 4.57. The highest BCUT2D eigenvalue weighted by atomic mass is 32.1. The van der Waals surface area contributed by atoms with Crippen LogP contribution in [0.25, 0.3) is 16.9 Å². The predicted molar refractivity (Wildman–Crippen MR) is 137 cm³/mol. The zero-order valence-corrected chi connectivity index (χ0v) is 20.1. The minimum Gasteiger partial charge on any atom is -0.463 e. The lowest BCUT2D eigenvalue weighted by molar-refractivity contribution is -0.384. The van der Waals surface area contributed by atoms with E-state index in [1.54, 1.807) is 50.7 Å². The molecule has 0 N–H and O–H groups in total. The lowest BCUT2D eigenvalue weighted by atomic mass is 10.1. The highest BCUT2D eigenvalue weighted by molar-refractivity contribution is 7.07. The van der Waals surface area contributed by atoms with E-state index in [1.165, 1.54) is 35.9 Å². The molecule has 0 radical (unpaired) electrons. The molecule has 10 nitrogen and oxygen atoms in total. The molecule has 0 unspecified atom stereocenters. The number of hydrogen-bond donors (Lipinski definition) is 0. The van der Waals surface area contributed by atoms with Crippen molar-refractivity contribution in [3.05, 3.63) is 115 Å². The number of furan rings is 1. The summed E-state index contributed by atoms with van der Waals surface area (Å²) in [5.74, 6) is 0.520. The number of benzene rings is 2. The van der Waals surface area contributed by atoms with E-state index in [2.05, 4.69) is 5.10 Å². The van der Waals surface area contributed by atoms with Gasteiger partial charge in [0, 0.05) is 30.1 Å². The minimum absolute atomic E-state index is 0.0385. The van der Waals surface area contributed by atoms with Crippen LogP contribution in [0.3, 0.4) is 0 Å². The molecule has 36 heavy (non-hydrogen) atoms. The summed E-state index contributed by atoms with van der Waals surface area (Å²) in [5.41, 5.74) is 2.54. The average molecular weight is 501 g/mol. The third-order valence-electron chi connectivity index (χ3n) is 5.61. The number of rotatable bonds is 6. The summed E-state index contributed by atoms with van der Waals surface area (Å²) in [6.07, 6.45) is 3.05. The fraction of sp³-hybridized carbons (Fsp3) is 0.0800. The summed E-state index contributed by atoms with van der Waals surface area (Å²) in [5, 5.41) is 17.7. The zero-order valence-electron chi connectivity index (χ0n) is 19.3. The van der Waals surface area contributed by atoms with Crippen molar-refractivity contribution in [3.63, 3.8) is 0 Å². The molecule has 5 rings (SSSR count). The molecule has 0 saturated carbocycles. The van der Waals surface area contributed by atoms with Crippen LogP contribution in [-0.2, 0) is 7.05 Å². The van der Waals surface area contributed by atoms with Crippen molar-refractivity contribution in [3.8, 4) is 16.9 Å². The normalized spacial score (nSPS) is 12.0. The highest BCUT2D eigenvalue weighted by Gasteiger charge is 2.17. The van der Waals surface area contributed by atoms with Crippen LogP contribution in [0.2, 0.25) is 0 Å². The summed E-state index contributed by atoms with van der Waals surface area (Å²) >= 11 is 1.27. The van der Waals surface area contributed by atoms with Crippen molar-refractivity contribution in [2.75, 3.05) is 0 Å². The molecule has 180 valence electrons. The van der Waals surface area contributed by atoms with E-state index >= 15 is 0 Å². The lowest BCUT2D eigenvalue weighted by Gasteiger charge is -2.07. The molecule has 0 aliphatic carbocycles. The summed E-state index contributed by atoms with van der Waals surface area (Å²) in [4.78, 5) is 29.4. The quantitative estimate of drug-likeness (QED) is 0.192. The van der Waals surface area contributed by atoms with E-state index in [9.17, 15) is 14.9 Å². The van der Waals surface area contributed by atoms with Gasteiger partial charge in [0.25, 0.3) is 11.2 Å². The molecule has 0 atom stereocenters. The molecule has 3 heterocycles. The second kappa shape index (κ2) is 9.47. The molecule has 5 aromatic rings. The van der Waals surface area contributed by atoms with Crippen LogP contribution in [0.1, 0.15) is 11.5 Å². The van der Waals surface area contributed by atoms with Crippen LogP contribution in [0.15, 0.2) is 97.7 Å². The third kappa shape index (κ3) is 4.23. The Hall–Kier alpha value is -4.77. The Balaban J connectivity index is 1.71. The fourth-order valence-electron chi connectivity index (χ4n) is 3.72. The van der Waals surface area contributed by atoms with E-state index in [0.717, 1.165) is 5.69 Å². The second-order valence-corrected chi connectivity index (χ2v) is 8.64. The topological polar surface area (TPSA) is 113 Å². The van der Waals surface area contributed by atoms with Crippen molar-refractivity contribution in [1.82, 2.24) is 14.0 Å². The smallest absolute Gasteiger partial charge is 0.297 e. The minimum atomic E-state index is -0.447. The molecule has 0 saturated heterocycles. The van der Waals surface area contributed by atoms with Crippen LogP contribution in [0.4, 0.5) is 11.4 Å². The Labute approximate surface area is 208 Å². The zero-order chi connectivity index (χ0) is 25.2. The van der Waals surface area contributed by atoms with E-state index in [0.29, 0.717) is 27.5 Å². The van der Waals surface area contributed by atoms with Gasteiger partial charge in [-0.25, -0.2) is 14.4 Å². The van der Waals surface area contributed by atoms with E-state index in [4.69, 9.17) is 9.41 Å². The molecule has 3 aromatic heterocycles. The van der Waals surface area contributed by atoms with Crippen LogP contribution in [0.5, 0.6) is 0 Å². The Morgan fingerprint density at radius 2 is 1.89 bits per heavy atom. The maximum atomic E-state index is 13.4. The number of nitro benzene ring substituents is 1.